The lowest BCUT2D eigenvalue weighted by molar-refractivity contribution is -0.121. The van der Waals surface area contributed by atoms with Crippen LogP contribution in [0.4, 0.5) is 5.69 Å². The molecule has 1 saturated heterocycles. The van der Waals surface area contributed by atoms with Crippen molar-refractivity contribution in [2.75, 3.05) is 25.5 Å². The SMILES string of the molecule is CN(Cc1ccccc1)S(=O)(=O)c1ccc(NC(=O)C2CCCN(C(=O)c3ccoc3)C2)cc1. The molecule has 0 radical (unpaired) electrons. The summed E-state index contributed by atoms with van der Waals surface area (Å²) in [7, 11) is -2.13. The lowest BCUT2D eigenvalue weighted by Gasteiger charge is -2.31. The average Bonchev–Trinajstić information content (AvgIpc) is 3.40. The number of hydrogen-bond donors (Lipinski definition) is 1. The fourth-order valence-electron chi connectivity index (χ4n) is 4.00. The Labute approximate surface area is 199 Å². The molecule has 3 aromatic rings. The molecule has 0 saturated carbocycles. The number of amides is 2. The first-order valence-corrected chi connectivity index (χ1v) is 12.5. The number of anilines is 1. The zero-order valence-electron chi connectivity index (χ0n) is 18.9. The maximum Gasteiger partial charge on any atom is 0.257 e. The van der Waals surface area contributed by atoms with Gasteiger partial charge in [-0.25, -0.2) is 8.42 Å². The molecule has 1 fully saturated rings. The number of hydrogen-bond acceptors (Lipinski definition) is 5. The number of carbonyl (C=O) groups excluding carboxylic acids is 2. The molecule has 1 N–H and O–H groups in total. The Hall–Kier alpha value is -3.43. The highest BCUT2D eigenvalue weighted by Crippen LogP contribution is 2.23. The average molecular weight is 482 g/mol. The summed E-state index contributed by atoms with van der Waals surface area (Å²) in [5.41, 5.74) is 1.87. The third-order valence-corrected chi connectivity index (χ3v) is 7.74. The van der Waals surface area contributed by atoms with E-state index in [0.29, 0.717) is 30.8 Å². The Morgan fingerprint density at radius 1 is 1.09 bits per heavy atom. The molecule has 2 aromatic carbocycles. The van der Waals surface area contributed by atoms with Gasteiger partial charge in [-0.05, 0) is 48.7 Å². The molecule has 8 nitrogen and oxygen atoms in total. The number of rotatable bonds is 7. The standard InChI is InChI=1S/C25H27N3O5S/c1-27(16-19-6-3-2-4-7-19)34(31,32)23-11-9-22(10-12-23)26-24(29)20-8-5-14-28(17-20)25(30)21-13-15-33-18-21/h2-4,6-7,9-13,15,18,20H,5,8,14,16-17H2,1H3,(H,26,29). The summed E-state index contributed by atoms with van der Waals surface area (Å²) < 4.78 is 32.1. The lowest BCUT2D eigenvalue weighted by atomic mass is 9.96. The molecule has 0 bridgehead atoms. The van der Waals surface area contributed by atoms with Gasteiger partial charge in [0.25, 0.3) is 5.91 Å². The zero-order valence-corrected chi connectivity index (χ0v) is 19.7. The molecular weight excluding hydrogens is 454 g/mol. The van der Waals surface area contributed by atoms with E-state index in [1.807, 2.05) is 30.3 Å². The Morgan fingerprint density at radius 3 is 2.50 bits per heavy atom. The Kier molecular flexibility index (Phi) is 7.14. The zero-order chi connectivity index (χ0) is 24.1. The third-order valence-electron chi connectivity index (χ3n) is 5.93. The fraction of sp³-hybridized carbons (Fsp3) is 0.280. The highest BCUT2D eigenvalue weighted by molar-refractivity contribution is 7.89. The smallest absolute Gasteiger partial charge is 0.257 e. The molecule has 9 heteroatoms. The molecule has 0 spiro atoms. The Balaban J connectivity index is 1.37. The van der Waals surface area contributed by atoms with Crippen LogP contribution in [0.3, 0.4) is 0 Å². The number of likely N-dealkylation sites (tertiary alicyclic amines) is 1. The van der Waals surface area contributed by atoms with Crippen molar-refractivity contribution in [3.8, 4) is 0 Å². The molecule has 1 aliphatic heterocycles. The van der Waals surface area contributed by atoms with E-state index in [1.54, 1.807) is 23.1 Å². The Morgan fingerprint density at radius 2 is 1.82 bits per heavy atom. The molecule has 34 heavy (non-hydrogen) atoms. The summed E-state index contributed by atoms with van der Waals surface area (Å²) in [6, 6.07) is 17.1. The van der Waals surface area contributed by atoms with E-state index in [1.165, 1.54) is 36.0 Å². The van der Waals surface area contributed by atoms with Crippen LogP contribution in [-0.2, 0) is 21.4 Å². The van der Waals surface area contributed by atoms with Crippen LogP contribution < -0.4 is 5.32 Å². The van der Waals surface area contributed by atoms with Crippen LogP contribution in [-0.4, -0.2) is 49.6 Å². The summed E-state index contributed by atoms with van der Waals surface area (Å²) >= 11 is 0. The van der Waals surface area contributed by atoms with Crippen molar-refractivity contribution in [1.82, 2.24) is 9.21 Å². The van der Waals surface area contributed by atoms with E-state index in [0.717, 1.165) is 12.0 Å². The van der Waals surface area contributed by atoms with E-state index >= 15 is 0 Å². The topological polar surface area (TPSA) is 99.9 Å². The van der Waals surface area contributed by atoms with Crippen molar-refractivity contribution < 1.29 is 22.4 Å². The molecule has 0 aliphatic carbocycles. The first-order valence-electron chi connectivity index (χ1n) is 11.1. The highest BCUT2D eigenvalue weighted by atomic mass is 32.2. The Bertz CT molecular complexity index is 1230. The first kappa shape index (κ1) is 23.7. The largest absolute Gasteiger partial charge is 0.472 e. The normalized spacial score (nSPS) is 16.4. The van der Waals surface area contributed by atoms with Gasteiger partial charge in [-0.3, -0.25) is 9.59 Å². The quantitative estimate of drug-likeness (QED) is 0.556. The van der Waals surface area contributed by atoms with Crippen LogP contribution in [0.5, 0.6) is 0 Å². The molecule has 1 aliphatic rings. The summed E-state index contributed by atoms with van der Waals surface area (Å²) in [6.07, 6.45) is 4.26. The first-order chi connectivity index (χ1) is 16.3. The summed E-state index contributed by atoms with van der Waals surface area (Å²) in [4.78, 5) is 27.2. The minimum Gasteiger partial charge on any atom is -0.472 e. The van der Waals surface area contributed by atoms with Crippen molar-refractivity contribution in [1.29, 1.82) is 0 Å². The van der Waals surface area contributed by atoms with Gasteiger partial charge in [-0.1, -0.05) is 30.3 Å². The predicted octanol–water partition coefficient (Wildman–Crippen LogP) is 3.59. The number of nitrogens with one attached hydrogen (secondary N) is 1. The van der Waals surface area contributed by atoms with Crippen LogP contribution in [0.15, 0.2) is 82.5 Å². The second kappa shape index (κ2) is 10.2. The van der Waals surface area contributed by atoms with Crippen LogP contribution >= 0.6 is 0 Å². The molecule has 2 amide bonds. The van der Waals surface area contributed by atoms with Gasteiger partial charge < -0.3 is 14.6 Å². The van der Waals surface area contributed by atoms with Gasteiger partial charge in [0, 0.05) is 32.4 Å². The van der Waals surface area contributed by atoms with Gasteiger partial charge in [0.15, 0.2) is 0 Å². The molecule has 1 atom stereocenters. The molecular formula is C25H27N3O5S. The summed E-state index contributed by atoms with van der Waals surface area (Å²) in [5, 5.41) is 2.85. The van der Waals surface area contributed by atoms with E-state index in [9.17, 15) is 18.0 Å². The van der Waals surface area contributed by atoms with Crippen molar-refractivity contribution in [2.45, 2.75) is 24.3 Å². The maximum atomic E-state index is 12.9. The second-order valence-electron chi connectivity index (χ2n) is 8.36. The predicted molar refractivity (Wildman–Crippen MR) is 128 cm³/mol. The fourth-order valence-corrected chi connectivity index (χ4v) is 5.16. The van der Waals surface area contributed by atoms with E-state index in [-0.39, 0.29) is 29.2 Å². The summed E-state index contributed by atoms with van der Waals surface area (Å²) in [5.74, 6) is -0.688. The van der Waals surface area contributed by atoms with Crippen LogP contribution in [0, 0.1) is 5.92 Å². The molecule has 2 heterocycles. The molecule has 1 unspecified atom stereocenters. The monoisotopic (exact) mass is 481 g/mol. The van der Waals surface area contributed by atoms with Gasteiger partial charge in [0.1, 0.15) is 6.26 Å². The number of piperidine rings is 1. The lowest BCUT2D eigenvalue weighted by Crippen LogP contribution is -2.43. The van der Waals surface area contributed by atoms with Crippen molar-refractivity contribution in [3.05, 3.63) is 84.3 Å². The van der Waals surface area contributed by atoms with Gasteiger partial charge >= 0.3 is 0 Å². The van der Waals surface area contributed by atoms with Crippen LogP contribution in [0.1, 0.15) is 28.8 Å². The summed E-state index contributed by atoms with van der Waals surface area (Å²) in [6.45, 7) is 1.18. The number of benzene rings is 2. The van der Waals surface area contributed by atoms with Gasteiger partial charge in [0.2, 0.25) is 15.9 Å². The number of nitrogens with zero attached hydrogens (tertiary/aromatic N) is 2. The van der Waals surface area contributed by atoms with Gasteiger partial charge in [-0.2, -0.15) is 4.31 Å². The van der Waals surface area contributed by atoms with Crippen molar-refractivity contribution >= 4 is 27.5 Å². The van der Waals surface area contributed by atoms with Gasteiger partial charge in [0.05, 0.1) is 22.6 Å². The third kappa shape index (κ3) is 5.37. The van der Waals surface area contributed by atoms with E-state index < -0.39 is 10.0 Å². The van der Waals surface area contributed by atoms with Crippen molar-refractivity contribution in [3.63, 3.8) is 0 Å². The molecule has 4 rings (SSSR count). The number of carbonyl (C=O) groups is 2. The minimum atomic E-state index is -3.67. The number of sulfonamides is 1. The minimum absolute atomic E-state index is 0.151. The second-order valence-corrected chi connectivity index (χ2v) is 10.4. The van der Waals surface area contributed by atoms with E-state index in [4.69, 9.17) is 4.42 Å². The van der Waals surface area contributed by atoms with Gasteiger partial charge in [-0.15, -0.1) is 0 Å². The number of furan rings is 1. The van der Waals surface area contributed by atoms with Crippen LogP contribution in [0.25, 0.3) is 0 Å². The molecule has 178 valence electrons. The maximum absolute atomic E-state index is 12.9. The van der Waals surface area contributed by atoms with E-state index in [2.05, 4.69) is 5.32 Å². The highest BCUT2D eigenvalue weighted by Gasteiger charge is 2.29. The van der Waals surface area contributed by atoms with Crippen molar-refractivity contribution in [2.24, 2.45) is 5.92 Å². The molecule has 1 aromatic heterocycles. The van der Waals surface area contributed by atoms with Crippen LogP contribution in [0.2, 0.25) is 0 Å².